The van der Waals surface area contributed by atoms with E-state index < -0.39 is 0 Å². The summed E-state index contributed by atoms with van der Waals surface area (Å²) in [6, 6.07) is 0. The van der Waals surface area contributed by atoms with Crippen molar-refractivity contribution < 1.29 is 10.2 Å². The van der Waals surface area contributed by atoms with Gasteiger partial charge in [0.25, 0.3) is 0 Å². The zero-order valence-electron chi connectivity index (χ0n) is 14.3. The minimum atomic E-state index is -0.283. The van der Waals surface area contributed by atoms with Gasteiger partial charge in [-0.05, 0) is 19.8 Å². The van der Waals surface area contributed by atoms with Crippen LogP contribution in [0.3, 0.4) is 0 Å². The Morgan fingerprint density at radius 1 is 0.619 bits per heavy atom. The number of β-amino-alcohol motifs (C(OH)–C–C–N with tert-alkyl or cyclic N) is 2. The van der Waals surface area contributed by atoms with Crippen molar-refractivity contribution in [3.05, 3.63) is 0 Å². The van der Waals surface area contributed by atoms with E-state index in [1.807, 2.05) is 13.8 Å². The van der Waals surface area contributed by atoms with Crippen LogP contribution in [-0.2, 0) is 0 Å². The molecule has 5 heteroatoms. The van der Waals surface area contributed by atoms with Crippen LogP contribution in [0.1, 0.15) is 27.7 Å². The zero-order chi connectivity index (χ0) is 15.8. The van der Waals surface area contributed by atoms with E-state index in [0.29, 0.717) is 5.92 Å². The van der Waals surface area contributed by atoms with E-state index in [1.54, 1.807) is 0 Å². The lowest BCUT2D eigenvalue weighted by atomic mass is 10.2. The molecule has 1 aliphatic heterocycles. The van der Waals surface area contributed by atoms with E-state index in [9.17, 15) is 10.2 Å². The number of hydrogen-bond donors (Lipinski definition) is 2. The van der Waals surface area contributed by atoms with Gasteiger partial charge in [0.05, 0.1) is 12.2 Å². The quantitative estimate of drug-likeness (QED) is 0.740. The predicted molar refractivity (Wildman–Crippen MR) is 87.5 cm³/mol. The summed E-state index contributed by atoms with van der Waals surface area (Å²) in [6.07, 6.45) is -0.566. The normalized spacial score (nSPS) is 23.6. The average molecular weight is 301 g/mol. The van der Waals surface area contributed by atoms with Crippen molar-refractivity contribution in [3.8, 4) is 0 Å². The largest absolute Gasteiger partial charge is 0.392 e. The van der Waals surface area contributed by atoms with Crippen LogP contribution in [0, 0.1) is 5.92 Å². The fraction of sp³-hybridized carbons (Fsp3) is 1.00. The van der Waals surface area contributed by atoms with Crippen LogP contribution in [0.4, 0.5) is 0 Å². The van der Waals surface area contributed by atoms with Crippen LogP contribution in [0.2, 0.25) is 0 Å². The van der Waals surface area contributed by atoms with Gasteiger partial charge in [-0.1, -0.05) is 13.8 Å². The van der Waals surface area contributed by atoms with Gasteiger partial charge < -0.3 is 15.1 Å². The molecule has 2 N–H and O–H groups in total. The van der Waals surface area contributed by atoms with Gasteiger partial charge in [0.15, 0.2) is 0 Å². The van der Waals surface area contributed by atoms with Crippen LogP contribution >= 0.6 is 0 Å². The number of aliphatic hydroxyl groups is 2. The molecule has 1 heterocycles. The molecule has 1 rings (SSSR count). The second-order valence-electron chi connectivity index (χ2n) is 6.99. The molecule has 0 bridgehead atoms. The highest BCUT2D eigenvalue weighted by molar-refractivity contribution is 4.74. The summed E-state index contributed by atoms with van der Waals surface area (Å²) in [5, 5.41) is 19.3. The lowest BCUT2D eigenvalue weighted by Crippen LogP contribution is -2.41. The van der Waals surface area contributed by atoms with E-state index in [2.05, 4.69) is 28.5 Å². The second kappa shape index (κ2) is 9.74. The maximum atomic E-state index is 9.65. The van der Waals surface area contributed by atoms with Gasteiger partial charge in [0, 0.05) is 58.9 Å². The Balaban J connectivity index is 2.62. The highest BCUT2D eigenvalue weighted by Gasteiger charge is 2.18. The van der Waals surface area contributed by atoms with Gasteiger partial charge >= 0.3 is 0 Å². The third-order valence-corrected chi connectivity index (χ3v) is 3.87. The molecule has 21 heavy (non-hydrogen) atoms. The first-order valence-corrected chi connectivity index (χ1v) is 8.40. The number of aliphatic hydroxyl groups excluding tert-OH is 2. The minimum Gasteiger partial charge on any atom is -0.392 e. The first-order valence-electron chi connectivity index (χ1n) is 8.40. The molecule has 1 saturated heterocycles. The molecular weight excluding hydrogens is 266 g/mol. The fourth-order valence-electron chi connectivity index (χ4n) is 3.00. The van der Waals surface area contributed by atoms with Crippen LogP contribution in [0.5, 0.6) is 0 Å². The van der Waals surface area contributed by atoms with E-state index in [-0.39, 0.29) is 12.2 Å². The average Bonchev–Trinajstić information content (AvgIpc) is 2.42. The molecule has 126 valence electrons. The van der Waals surface area contributed by atoms with E-state index in [4.69, 9.17) is 0 Å². The van der Waals surface area contributed by atoms with Crippen LogP contribution in [-0.4, -0.2) is 96.0 Å². The van der Waals surface area contributed by atoms with Gasteiger partial charge in [-0.2, -0.15) is 0 Å². The van der Waals surface area contributed by atoms with Crippen LogP contribution in [0.25, 0.3) is 0 Å². The highest BCUT2D eigenvalue weighted by atomic mass is 16.3. The first kappa shape index (κ1) is 18.8. The molecule has 1 aliphatic rings. The third-order valence-electron chi connectivity index (χ3n) is 3.87. The van der Waals surface area contributed by atoms with Crippen LogP contribution in [0.15, 0.2) is 0 Å². The number of nitrogens with zero attached hydrogens (tertiary/aromatic N) is 3. The molecule has 1 fully saturated rings. The predicted octanol–water partition coefficient (Wildman–Crippen LogP) is 0.324. The maximum Gasteiger partial charge on any atom is 0.0639 e. The standard InChI is InChI=1S/C16H35N3O2/c1-14(2)11-17-5-7-18(12-15(3)20)9-10-19(8-6-17)13-16(4)21/h14-16,20-21H,5-13H2,1-4H3/t15-,16-/m0/s1. The van der Waals surface area contributed by atoms with Crippen molar-refractivity contribution in [1.29, 1.82) is 0 Å². The van der Waals surface area contributed by atoms with E-state index >= 15 is 0 Å². The van der Waals surface area contributed by atoms with Gasteiger partial charge in [0.1, 0.15) is 0 Å². The Hall–Kier alpha value is -0.200. The molecule has 0 aromatic heterocycles. The summed E-state index contributed by atoms with van der Waals surface area (Å²) < 4.78 is 0. The van der Waals surface area contributed by atoms with Crippen molar-refractivity contribution in [3.63, 3.8) is 0 Å². The molecule has 0 amide bonds. The summed E-state index contributed by atoms with van der Waals surface area (Å²) in [5.74, 6) is 0.668. The van der Waals surface area contributed by atoms with Gasteiger partial charge in [-0.3, -0.25) is 9.80 Å². The summed E-state index contributed by atoms with van der Waals surface area (Å²) >= 11 is 0. The lowest BCUT2D eigenvalue weighted by Gasteiger charge is -2.27. The van der Waals surface area contributed by atoms with Crippen LogP contribution < -0.4 is 0 Å². The van der Waals surface area contributed by atoms with Gasteiger partial charge in [-0.15, -0.1) is 0 Å². The fourth-order valence-corrected chi connectivity index (χ4v) is 3.00. The van der Waals surface area contributed by atoms with Crippen molar-refractivity contribution in [2.24, 2.45) is 5.92 Å². The minimum absolute atomic E-state index is 0.283. The molecular formula is C16H35N3O2. The molecule has 0 radical (unpaired) electrons. The Bertz CT molecular complexity index is 217. The Morgan fingerprint density at radius 3 is 1.14 bits per heavy atom. The molecule has 5 nitrogen and oxygen atoms in total. The Morgan fingerprint density at radius 2 is 0.905 bits per heavy atom. The number of hydrogen-bond acceptors (Lipinski definition) is 5. The summed E-state index contributed by atoms with van der Waals surface area (Å²) in [6.45, 7) is 16.9. The molecule has 0 aromatic carbocycles. The molecule has 2 atom stereocenters. The van der Waals surface area contributed by atoms with Crippen molar-refractivity contribution in [2.45, 2.75) is 39.9 Å². The van der Waals surface area contributed by atoms with Gasteiger partial charge in [0.2, 0.25) is 0 Å². The highest BCUT2D eigenvalue weighted by Crippen LogP contribution is 2.05. The SMILES string of the molecule is CC(C)CN1CCN(C[C@H](C)O)CCN(C[C@H](C)O)CC1. The van der Waals surface area contributed by atoms with Crippen molar-refractivity contribution in [2.75, 3.05) is 58.9 Å². The Labute approximate surface area is 130 Å². The summed E-state index contributed by atoms with van der Waals surface area (Å²) in [7, 11) is 0. The lowest BCUT2D eigenvalue weighted by molar-refractivity contribution is 0.102. The van der Waals surface area contributed by atoms with E-state index in [1.165, 1.54) is 0 Å². The molecule has 0 aromatic rings. The smallest absolute Gasteiger partial charge is 0.0639 e. The van der Waals surface area contributed by atoms with E-state index in [0.717, 1.165) is 58.9 Å². The van der Waals surface area contributed by atoms with Crippen molar-refractivity contribution in [1.82, 2.24) is 14.7 Å². The summed E-state index contributed by atoms with van der Waals surface area (Å²) in [5.41, 5.74) is 0. The van der Waals surface area contributed by atoms with Gasteiger partial charge in [-0.25, -0.2) is 0 Å². The number of rotatable bonds is 6. The Kier molecular flexibility index (Phi) is 8.74. The molecule has 0 saturated carbocycles. The second-order valence-corrected chi connectivity index (χ2v) is 6.99. The maximum absolute atomic E-state index is 9.65. The molecule has 0 aliphatic carbocycles. The monoisotopic (exact) mass is 301 g/mol. The zero-order valence-corrected chi connectivity index (χ0v) is 14.3. The summed E-state index contributed by atoms with van der Waals surface area (Å²) in [4.78, 5) is 7.21. The van der Waals surface area contributed by atoms with Crippen molar-refractivity contribution >= 4 is 0 Å². The first-order chi connectivity index (χ1) is 9.86. The third kappa shape index (κ3) is 8.73. The molecule has 0 unspecified atom stereocenters. The topological polar surface area (TPSA) is 50.2 Å². The molecule has 0 spiro atoms.